The van der Waals surface area contributed by atoms with Gasteiger partial charge < -0.3 is 5.11 Å². The van der Waals surface area contributed by atoms with Gasteiger partial charge in [-0.05, 0) is 51.4 Å². The molecule has 0 radical (unpaired) electrons. The fraction of sp³-hybridized carbons (Fsp3) is 0.778. The summed E-state index contributed by atoms with van der Waals surface area (Å²) in [5.74, 6) is 0.553. The van der Waals surface area contributed by atoms with E-state index in [-0.39, 0.29) is 6.10 Å². The maximum atomic E-state index is 10.2. The summed E-state index contributed by atoms with van der Waals surface area (Å²) in [6.45, 7) is 6.70. The Morgan fingerprint density at radius 2 is 1.79 bits per heavy atom. The largest absolute Gasteiger partial charge is 0.393 e. The molecule has 1 atom stereocenters. The molecule has 0 aromatic rings. The number of aliphatic hydroxyl groups is 1. The molecule has 0 aliphatic heterocycles. The van der Waals surface area contributed by atoms with Gasteiger partial charge >= 0.3 is 0 Å². The summed E-state index contributed by atoms with van der Waals surface area (Å²) in [6, 6.07) is 0. The smallest absolute Gasteiger partial charge is 0.0602 e. The summed E-state index contributed by atoms with van der Waals surface area (Å²) < 4.78 is 0. The molecular weight excluding hydrogens is 232 g/mol. The van der Waals surface area contributed by atoms with Crippen LogP contribution < -0.4 is 0 Å². The van der Waals surface area contributed by atoms with Crippen LogP contribution in [0.2, 0.25) is 0 Å². The first-order valence-corrected chi connectivity index (χ1v) is 8.19. The van der Waals surface area contributed by atoms with E-state index in [1.54, 1.807) is 5.57 Å². The molecule has 19 heavy (non-hydrogen) atoms. The summed E-state index contributed by atoms with van der Waals surface area (Å²) in [5, 5.41) is 10.2. The van der Waals surface area contributed by atoms with Crippen LogP contribution in [0.25, 0.3) is 0 Å². The lowest BCUT2D eigenvalue weighted by atomic mass is 9.84. The number of allylic oxidation sites excluding steroid dienone is 3. The van der Waals surface area contributed by atoms with Crippen molar-refractivity contribution in [1.29, 1.82) is 0 Å². The highest BCUT2D eigenvalue weighted by Crippen LogP contribution is 2.28. The highest BCUT2D eigenvalue weighted by molar-refractivity contribution is 5.14. The van der Waals surface area contributed by atoms with E-state index < -0.39 is 0 Å². The van der Waals surface area contributed by atoms with Crippen molar-refractivity contribution in [3.05, 3.63) is 23.3 Å². The lowest BCUT2D eigenvalue weighted by Crippen LogP contribution is -2.22. The van der Waals surface area contributed by atoms with Crippen molar-refractivity contribution in [2.75, 3.05) is 0 Å². The summed E-state index contributed by atoms with van der Waals surface area (Å²) in [6.07, 6.45) is 15.0. The zero-order valence-electron chi connectivity index (χ0n) is 13.1. The highest BCUT2D eigenvalue weighted by atomic mass is 16.3. The SMILES string of the molecule is CC/C(C)=C(\CC)C/C=C/CC(O)C1CCCCC1. The Labute approximate surface area is 119 Å². The Morgan fingerprint density at radius 3 is 2.37 bits per heavy atom. The quantitative estimate of drug-likeness (QED) is 0.610. The normalized spacial score (nSPS) is 20.6. The van der Waals surface area contributed by atoms with Gasteiger partial charge in [-0.1, -0.05) is 56.4 Å². The molecule has 0 aromatic carbocycles. The Balaban J connectivity index is 2.32. The molecule has 1 aliphatic rings. The molecule has 0 aromatic heterocycles. The van der Waals surface area contributed by atoms with Crippen molar-refractivity contribution in [1.82, 2.24) is 0 Å². The Hall–Kier alpha value is -0.560. The number of hydrogen-bond donors (Lipinski definition) is 1. The van der Waals surface area contributed by atoms with Gasteiger partial charge in [-0.25, -0.2) is 0 Å². The molecule has 0 spiro atoms. The molecule has 1 aliphatic carbocycles. The number of aliphatic hydroxyl groups excluding tert-OH is 1. The maximum Gasteiger partial charge on any atom is 0.0602 e. The zero-order chi connectivity index (χ0) is 14.1. The maximum absolute atomic E-state index is 10.2. The van der Waals surface area contributed by atoms with Crippen molar-refractivity contribution in [2.24, 2.45) is 5.92 Å². The molecule has 1 rings (SSSR count). The van der Waals surface area contributed by atoms with Crippen molar-refractivity contribution in [3.63, 3.8) is 0 Å². The van der Waals surface area contributed by atoms with E-state index >= 15 is 0 Å². The lowest BCUT2D eigenvalue weighted by Gasteiger charge is -2.25. The van der Waals surface area contributed by atoms with E-state index in [0.717, 1.165) is 25.7 Å². The Kier molecular flexibility index (Phi) is 8.13. The van der Waals surface area contributed by atoms with E-state index in [1.165, 1.54) is 37.7 Å². The molecule has 0 bridgehead atoms. The minimum atomic E-state index is -0.113. The third-order valence-corrected chi connectivity index (χ3v) is 4.66. The summed E-state index contributed by atoms with van der Waals surface area (Å²) in [4.78, 5) is 0. The van der Waals surface area contributed by atoms with Gasteiger partial charge in [0, 0.05) is 0 Å². The van der Waals surface area contributed by atoms with Crippen molar-refractivity contribution < 1.29 is 5.11 Å². The molecule has 110 valence electrons. The fourth-order valence-corrected chi connectivity index (χ4v) is 3.04. The second kappa shape index (κ2) is 9.36. The van der Waals surface area contributed by atoms with E-state index in [0.29, 0.717) is 5.92 Å². The standard InChI is InChI=1S/C18H32O/c1-4-15(3)16(5-2)11-9-10-14-18(19)17-12-7-6-8-13-17/h9-10,17-19H,4-8,11-14H2,1-3H3/b10-9+,16-15+. The van der Waals surface area contributed by atoms with Crippen LogP contribution in [0, 0.1) is 5.92 Å². The lowest BCUT2D eigenvalue weighted by molar-refractivity contribution is 0.0873. The van der Waals surface area contributed by atoms with Gasteiger partial charge in [0.2, 0.25) is 0 Å². The second-order valence-corrected chi connectivity index (χ2v) is 5.97. The van der Waals surface area contributed by atoms with E-state index in [9.17, 15) is 5.11 Å². The molecule has 0 heterocycles. The summed E-state index contributed by atoms with van der Waals surface area (Å²) >= 11 is 0. The average molecular weight is 264 g/mol. The second-order valence-electron chi connectivity index (χ2n) is 5.97. The van der Waals surface area contributed by atoms with Crippen LogP contribution in [0.5, 0.6) is 0 Å². The monoisotopic (exact) mass is 264 g/mol. The first kappa shape index (κ1) is 16.5. The van der Waals surface area contributed by atoms with Crippen LogP contribution in [-0.2, 0) is 0 Å². The van der Waals surface area contributed by atoms with Gasteiger partial charge in [-0.3, -0.25) is 0 Å². The van der Waals surface area contributed by atoms with Gasteiger partial charge in [0.15, 0.2) is 0 Å². The Morgan fingerprint density at radius 1 is 1.11 bits per heavy atom. The van der Waals surface area contributed by atoms with Crippen molar-refractivity contribution >= 4 is 0 Å². The number of hydrogen-bond acceptors (Lipinski definition) is 1. The van der Waals surface area contributed by atoms with Gasteiger partial charge in [-0.15, -0.1) is 0 Å². The van der Waals surface area contributed by atoms with Gasteiger partial charge in [0.1, 0.15) is 0 Å². The molecule has 0 saturated heterocycles. The summed E-state index contributed by atoms with van der Waals surface area (Å²) in [7, 11) is 0. The van der Waals surface area contributed by atoms with E-state index in [4.69, 9.17) is 0 Å². The highest BCUT2D eigenvalue weighted by Gasteiger charge is 2.20. The Bertz CT molecular complexity index is 295. The number of rotatable bonds is 7. The van der Waals surface area contributed by atoms with Crippen LogP contribution in [0.3, 0.4) is 0 Å². The molecule has 1 heteroatoms. The zero-order valence-corrected chi connectivity index (χ0v) is 13.1. The molecule has 0 amide bonds. The fourth-order valence-electron chi connectivity index (χ4n) is 3.04. The molecule has 1 saturated carbocycles. The third kappa shape index (κ3) is 5.95. The predicted octanol–water partition coefficient (Wildman–Crippen LogP) is 5.40. The predicted molar refractivity (Wildman–Crippen MR) is 84.2 cm³/mol. The van der Waals surface area contributed by atoms with E-state index in [2.05, 4.69) is 32.9 Å². The third-order valence-electron chi connectivity index (χ3n) is 4.66. The van der Waals surface area contributed by atoms with Crippen molar-refractivity contribution in [2.45, 2.75) is 84.7 Å². The molecule has 1 unspecified atom stereocenters. The van der Waals surface area contributed by atoms with Crippen molar-refractivity contribution in [3.8, 4) is 0 Å². The van der Waals surface area contributed by atoms with Gasteiger partial charge in [0.25, 0.3) is 0 Å². The van der Waals surface area contributed by atoms with Crippen LogP contribution in [-0.4, -0.2) is 11.2 Å². The molecule has 1 N–H and O–H groups in total. The van der Waals surface area contributed by atoms with Crippen LogP contribution in [0.4, 0.5) is 0 Å². The first-order chi connectivity index (χ1) is 9.19. The first-order valence-electron chi connectivity index (χ1n) is 8.19. The topological polar surface area (TPSA) is 20.2 Å². The van der Waals surface area contributed by atoms with Gasteiger partial charge in [-0.2, -0.15) is 0 Å². The minimum Gasteiger partial charge on any atom is -0.393 e. The van der Waals surface area contributed by atoms with Crippen LogP contribution >= 0.6 is 0 Å². The van der Waals surface area contributed by atoms with Crippen LogP contribution in [0.15, 0.2) is 23.3 Å². The molecule has 1 fully saturated rings. The van der Waals surface area contributed by atoms with Crippen LogP contribution in [0.1, 0.15) is 78.6 Å². The minimum absolute atomic E-state index is 0.113. The molecule has 1 nitrogen and oxygen atoms in total. The van der Waals surface area contributed by atoms with E-state index in [1.807, 2.05) is 0 Å². The average Bonchev–Trinajstić information content (AvgIpc) is 2.47. The molecular formula is C18H32O. The summed E-state index contributed by atoms with van der Waals surface area (Å²) in [5.41, 5.74) is 3.09. The van der Waals surface area contributed by atoms with Gasteiger partial charge in [0.05, 0.1) is 6.10 Å².